The lowest BCUT2D eigenvalue weighted by Gasteiger charge is -2.05. The molecular weight excluding hydrogens is 330 g/mol. The standard InChI is InChI=1S/C21H23NO4/c1-3-14-26-19-11-6-16(7-12-19)8-13-20(23)22-15-17-4-9-18(10-5-17)21(24)25-2/h4-13H,3,14-15H2,1-2H3,(H,22,23)/b13-8+. The van der Waals surface area contributed by atoms with Crippen LogP contribution in [0.15, 0.2) is 54.6 Å². The van der Waals surface area contributed by atoms with Gasteiger partial charge in [-0.25, -0.2) is 4.79 Å². The summed E-state index contributed by atoms with van der Waals surface area (Å²) in [4.78, 5) is 23.3. The number of hydrogen-bond donors (Lipinski definition) is 1. The summed E-state index contributed by atoms with van der Waals surface area (Å²) in [6.07, 6.45) is 4.21. The van der Waals surface area contributed by atoms with Crippen LogP contribution in [0.5, 0.6) is 5.75 Å². The Labute approximate surface area is 153 Å². The molecule has 2 aromatic carbocycles. The molecule has 0 atom stereocenters. The normalized spacial score (nSPS) is 10.5. The summed E-state index contributed by atoms with van der Waals surface area (Å²) in [5.74, 6) is 0.256. The lowest BCUT2D eigenvalue weighted by Crippen LogP contribution is -2.20. The third-order valence-electron chi connectivity index (χ3n) is 3.62. The lowest BCUT2D eigenvalue weighted by atomic mass is 10.1. The Kier molecular flexibility index (Phi) is 7.43. The highest BCUT2D eigenvalue weighted by molar-refractivity contribution is 5.91. The van der Waals surface area contributed by atoms with E-state index < -0.39 is 0 Å². The van der Waals surface area contributed by atoms with Crippen LogP contribution in [0.3, 0.4) is 0 Å². The Hall–Kier alpha value is -3.08. The van der Waals surface area contributed by atoms with E-state index in [1.54, 1.807) is 30.3 Å². The van der Waals surface area contributed by atoms with Crippen LogP contribution in [0.1, 0.15) is 34.8 Å². The first-order valence-electron chi connectivity index (χ1n) is 8.48. The van der Waals surface area contributed by atoms with Crippen molar-refractivity contribution in [3.63, 3.8) is 0 Å². The fourth-order valence-corrected chi connectivity index (χ4v) is 2.19. The minimum atomic E-state index is -0.380. The predicted molar refractivity (Wildman–Crippen MR) is 101 cm³/mol. The first-order valence-corrected chi connectivity index (χ1v) is 8.48. The third-order valence-corrected chi connectivity index (χ3v) is 3.62. The topological polar surface area (TPSA) is 64.6 Å². The number of hydrogen-bond acceptors (Lipinski definition) is 4. The van der Waals surface area contributed by atoms with Crippen LogP contribution < -0.4 is 10.1 Å². The van der Waals surface area contributed by atoms with E-state index >= 15 is 0 Å². The van der Waals surface area contributed by atoms with Gasteiger partial charge in [-0.2, -0.15) is 0 Å². The van der Waals surface area contributed by atoms with Gasteiger partial charge in [-0.1, -0.05) is 31.2 Å². The van der Waals surface area contributed by atoms with Crippen LogP contribution in [0.4, 0.5) is 0 Å². The molecule has 0 fully saturated rings. The second-order valence-electron chi connectivity index (χ2n) is 5.66. The van der Waals surface area contributed by atoms with Crippen molar-refractivity contribution in [3.05, 3.63) is 71.3 Å². The van der Waals surface area contributed by atoms with Gasteiger partial charge in [0.25, 0.3) is 0 Å². The summed E-state index contributed by atoms with van der Waals surface area (Å²) in [7, 11) is 1.34. The molecule has 0 bridgehead atoms. The summed E-state index contributed by atoms with van der Waals surface area (Å²) in [6, 6.07) is 14.5. The molecule has 2 rings (SSSR count). The first-order chi connectivity index (χ1) is 12.6. The van der Waals surface area contributed by atoms with Crippen LogP contribution >= 0.6 is 0 Å². The number of ether oxygens (including phenoxy) is 2. The molecule has 0 aliphatic rings. The molecule has 0 unspecified atom stereocenters. The molecule has 0 aliphatic heterocycles. The Morgan fingerprint density at radius 1 is 1.04 bits per heavy atom. The van der Waals surface area contributed by atoms with E-state index in [-0.39, 0.29) is 11.9 Å². The van der Waals surface area contributed by atoms with E-state index in [4.69, 9.17) is 4.74 Å². The van der Waals surface area contributed by atoms with Crippen molar-refractivity contribution in [3.8, 4) is 5.75 Å². The molecule has 2 aromatic rings. The molecular formula is C21H23NO4. The number of methoxy groups -OCH3 is 1. The van der Waals surface area contributed by atoms with Gasteiger partial charge in [0.05, 0.1) is 19.3 Å². The van der Waals surface area contributed by atoms with Gasteiger partial charge in [-0.15, -0.1) is 0 Å². The van der Waals surface area contributed by atoms with Crippen LogP contribution in [-0.4, -0.2) is 25.6 Å². The maximum absolute atomic E-state index is 11.9. The molecule has 0 saturated heterocycles. The highest BCUT2D eigenvalue weighted by Gasteiger charge is 2.04. The molecule has 26 heavy (non-hydrogen) atoms. The third kappa shape index (κ3) is 6.09. The van der Waals surface area contributed by atoms with Gasteiger partial charge in [0.15, 0.2) is 0 Å². The second kappa shape index (κ2) is 10.0. The smallest absolute Gasteiger partial charge is 0.337 e. The molecule has 0 aromatic heterocycles. The van der Waals surface area contributed by atoms with E-state index in [0.717, 1.165) is 23.3 Å². The quantitative estimate of drug-likeness (QED) is 0.582. The molecule has 0 spiro atoms. The molecule has 0 radical (unpaired) electrons. The minimum absolute atomic E-state index is 0.187. The predicted octanol–water partition coefficient (Wildman–Crippen LogP) is 3.59. The molecule has 5 heteroatoms. The van der Waals surface area contributed by atoms with Gasteiger partial charge in [0.2, 0.25) is 5.91 Å². The Morgan fingerprint density at radius 3 is 2.35 bits per heavy atom. The maximum atomic E-state index is 11.9. The molecule has 136 valence electrons. The van der Waals surface area contributed by atoms with E-state index in [9.17, 15) is 9.59 Å². The molecule has 0 heterocycles. The average molecular weight is 353 g/mol. The molecule has 5 nitrogen and oxygen atoms in total. The van der Waals surface area contributed by atoms with Crippen molar-refractivity contribution in [1.82, 2.24) is 5.32 Å². The monoisotopic (exact) mass is 353 g/mol. The van der Waals surface area contributed by atoms with Crippen molar-refractivity contribution >= 4 is 18.0 Å². The number of amides is 1. The van der Waals surface area contributed by atoms with E-state index in [1.165, 1.54) is 13.2 Å². The summed E-state index contributed by atoms with van der Waals surface area (Å²) in [5.41, 5.74) is 2.30. The SMILES string of the molecule is CCCOc1ccc(/C=C/C(=O)NCc2ccc(C(=O)OC)cc2)cc1. The number of esters is 1. The molecule has 0 saturated carbocycles. The Balaban J connectivity index is 1.82. The van der Waals surface area contributed by atoms with E-state index in [2.05, 4.69) is 17.0 Å². The first kappa shape index (κ1) is 19.2. The highest BCUT2D eigenvalue weighted by atomic mass is 16.5. The van der Waals surface area contributed by atoms with Gasteiger partial charge in [0, 0.05) is 12.6 Å². The van der Waals surface area contributed by atoms with Gasteiger partial charge in [-0.05, 0) is 47.9 Å². The molecule has 1 amide bonds. The van der Waals surface area contributed by atoms with Crippen molar-refractivity contribution in [2.45, 2.75) is 19.9 Å². The average Bonchev–Trinajstić information content (AvgIpc) is 2.69. The van der Waals surface area contributed by atoms with Gasteiger partial charge < -0.3 is 14.8 Å². The number of rotatable bonds is 8. The fourth-order valence-electron chi connectivity index (χ4n) is 2.19. The van der Waals surface area contributed by atoms with Crippen LogP contribution in [-0.2, 0) is 16.1 Å². The number of nitrogens with one attached hydrogen (secondary N) is 1. The fraction of sp³-hybridized carbons (Fsp3) is 0.238. The van der Waals surface area contributed by atoms with Crippen LogP contribution in [0.25, 0.3) is 6.08 Å². The summed E-state index contributed by atoms with van der Waals surface area (Å²) < 4.78 is 10.2. The van der Waals surface area contributed by atoms with Gasteiger partial charge >= 0.3 is 5.97 Å². The number of carbonyl (C=O) groups excluding carboxylic acids is 2. The number of benzene rings is 2. The Morgan fingerprint density at radius 2 is 1.73 bits per heavy atom. The van der Waals surface area contributed by atoms with Crippen LogP contribution in [0, 0.1) is 0 Å². The summed E-state index contributed by atoms with van der Waals surface area (Å²) in [5, 5.41) is 2.80. The lowest BCUT2D eigenvalue weighted by molar-refractivity contribution is -0.116. The zero-order valence-corrected chi connectivity index (χ0v) is 15.0. The van der Waals surface area contributed by atoms with E-state index in [1.807, 2.05) is 24.3 Å². The van der Waals surface area contributed by atoms with Crippen molar-refractivity contribution in [1.29, 1.82) is 0 Å². The van der Waals surface area contributed by atoms with Crippen LogP contribution in [0.2, 0.25) is 0 Å². The van der Waals surface area contributed by atoms with Crippen molar-refractivity contribution < 1.29 is 19.1 Å². The van der Waals surface area contributed by atoms with Crippen molar-refractivity contribution in [2.24, 2.45) is 0 Å². The zero-order valence-electron chi connectivity index (χ0n) is 15.0. The molecule has 1 N–H and O–H groups in total. The Bertz CT molecular complexity index is 749. The highest BCUT2D eigenvalue weighted by Crippen LogP contribution is 2.13. The summed E-state index contributed by atoms with van der Waals surface area (Å²) in [6.45, 7) is 3.13. The van der Waals surface area contributed by atoms with Gasteiger partial charge in [0.1, 0.15) is 5.75 Å². The van der Waals surface area contributed by atoms with Gasteiger partial charge in [-0.3, -0.25) is 4.79 Å². The molecule has 0 aliphatic carbocycles. The minimum Gasteiger partial charge on any atom is -0.494 e. The number of carbonyl (C=O) groups is 2. The zero-order chi connectivity index (χ0) is 18.8. The van der Waals surface area contributed by atoms with E-state index in [0.29, 0.717) is 18.7 Å². The summed E-state index contributed by atoms with van der Waals surface area (Å²) >= 11 is 0. The largest absolute Gasteiger partial charge is 0.494 e. The van der Waals surface area contributed by atoms with Crippen molar-refractivity contribution in [2.75, 3.05) is 13.7 Å². The maximum Gasteiger partial charge on any atom is 0.337 e. The second-order valence-corrected chi connectivity index (χ2v) is 5.66.